The third-order valence-corrected chi connectivity index (χ3v) is 4.90. The molecule has 2 aliphatic rings. The quantitative estimate of drug-likeness (QED) is 0.901. The lowest BCUT2D eigenvalue weighted by Gasteiger charge is -2.31. The molecule has 5 nitrogen and oxygen atoms in total. The van der Waals surface area contributed by atoms with Crippen LogP contribution in [0.15, 0.2) is 16.0 Å². The Hall–Kier alpha value is -1.61. The van der Waals surface area contributed by atoms with Crippen LogP contribution in [0.1, 0.15) is 24.2 Å². The van der Waals surface area contributed by atoms with Crippen LogP contribution in [0.2, 0.25) is 0 Å². The van der Waals surface area contributed by atoms with E-state index in [2.05, 4.69) is 15.0 Å². The summed E-state index contributed by atoms with van der Waals surface area (Å²) in [4.78, 5) is 14.7. The van der Waals surface area contributed by atoms with Crippen LogP contribution in [0, 0.1) is 5.92 Å². The average Bonchev–Trinajstić information content (AvgIpc) is 3.07. The number of aliphatic imine (C=N–C) groups is 1. The highest BCUT2D eigenvalue weighted by Gasteiger charge is 2.34. The zero-order valence-electron chi connectivity index (χ0n) is 13.0. The van der Waals surface area contributed by atoms with Gasteiger partial charge in [-0.05, 0) is 37.4 Å². The first kappa shape index (κ1) is 17.2. The number of anilines is 1. The second kappa shape index (κ2) is 7.10. The highest BCUT2D eigenvalue weighted by molar-refractivity contribution is 8.04. The summed E-state index contributed by atoms with van der Waals surface area (Å²) >= 11 is 1.46. The van der Waals surface area contributed by atoms with Crippen molar-refractivity contribution in [1.82, 2.24) is 9.97 Å². The number of nitrogens with two attached hydrogens (primary N) is 1. The van der Waals surface area contributed by atoms with Gasteiger partial charge in [-0.15, -0.1) is 11.8 Å². The van der Waals surface area contributed by atoms with E-state index in [9.17, 15) is 13.2 Å². The Morgan fingerprint density at radius 2 is 2.04 bits per heavy atom. The second-order valence-corrected chi connectivity index (χ2v) is 6.79. The maximum absolute atomic E-state index is 13.2. The third kappa shape index (κ3) is 4.07. The minimum absolute atomic E-state index is 0.132. The SMILES string of the molecule is NCC1CCN(c2nc(/C=C3/C=NCS3)cc(C(F)(F)F)n2)CC1. The molecule has 24 heavy (non-hydrogen) atoms. The molecule has 3 rings (SSSR count). The maximum Gasteiger partial charge on any atom is 0.433 e. The summed E-state index contributed by atoms with van der Waals surface area (Å²) in [5.74, 6) is 1.13. The van der Waals surface area contributed by atoms with Crippen LogP contribution in [0.25, 0.3) is 6.08 Å². The Kier molecular flexibility index (Phi) is 5.09. The van der Waals surface area contributed by atoms with Crippen molar-refractivity contribution < 1.29 is 13.2 Å². The van der Waals surface area contributed by atoms with Crippen LogP contribution in [-0.4, -0.2) is 41.7 Å². The predicted molar refractivity (Wildman–Crippen MR) is 90.0 cm³/mol. The lowest BCUT2D eigenvalue weighted by molar-refractivity contribution is -0.141. The Bertz CT molecular complexity index is 651. The highest BCUT2D eigenvalue weighted by atomic mass is 32.2. The number of thioether (sulfide) groups is 1. The van der Waals surface area contributed by atoms with E-state index in [1.54, 1.807) is 17.2 Å². The number of halogens is 3. The van der Waals surface area contributed by atoms with Crippen molar-refractivity contribution in [1.29, 1.82) is 0 Å². The van der Waals surface area contributed by atoms with E-state index in [1.807, 2.05) is 0 Å². The zero-order chi connectivity index (χ0) is 17.2. The van der Waals surface area contributed by atoms with Crippen molar-refractivity contribution >= 4 is 30.0 Å². The van der Waals surface area contributed by atoms with Gasteiger partial charge in [0.1, 0.15) is 0 Å². The second-order valence-electron chi connectivity index (χ2n) is 5.77. The summed E-state index contributed by atoms with van der Waals surface area (Å²) in [6.07, 6.45) is 0.447. The number of nitrogens with zero attached hydrogens (tertiary/aromatic N) is 4. The molecule has 0 amide bonds. The molecule has 0 bridgehead atoms. The summed E-state index contributed by atoms with van der Waals surface area (Å²) in [5, 5.41) is 0. The Labute approximate surface area is 142 Å². The van der Waals surface area contributed by atoms with Crippen molar-refractivity contribution in [2.75, 3.05) is 30.4 Å². The van der Waals surface area contributed by atoms with Gasteiger partial charge in [-0.3, -0.25) is 4.99 Å². The molecule has 3 heterocycles. The van der Waals surface area contributed by atoms with Crippen molar-refractivity contribution in [3.8, 4) is 0 Å². The smallest absolute Gasteiger partial charge is 0.341 e. The number of aromatic nitrogens is 2. The van der Waals surface area contributed by atoms with Crippen LogP contribution in [-0.2, 0) is 6.18 Å². The number of hydrogen-bond acceptors (Lipinski definition) is 6. The molecule has 0 unspecified atom stereocenters. The van der Waals surface area contributed by atoms with Crippen molar-refractivity contribution in [3.05, 3.63) is 22.4 Å². The van der Waals surface area contributed by atoms with Gasteiger partial charge in [0.2, 0.25) is 5.95 Å². The molecule has 130 valence electrons. The van der Waals surface area contributed by atoms with Gasteiger partial charge in [-0.1, -0.05) is 0 Å². The average molecular weight is 357 g/mol. The lowest BCUT2D eigenvalue weighted by Crippen LogP contribution is -2.37. The summed E-state index contributed by atoms with van der Waals surface area (Å²) in [7, 11) is 0. The number of allylic oxidation sites excluding steroid dienone is 1. The van der Waals surface area contributed by atoms with E-state index in [4.69, 9.17) is 5.73 Å². The predicted octanol–water partition coefficient (Wildman–Crippen LogP) is 2.79. The van der Waals surface area contributed by atoms with Crippen LogP contribution in [0.4, 0.5) is 19.1 Å². The van der Waals surface area contributed by atoms with Crippen LogP contribution in [0.5, 0.6) is 0 Å². The summed E-state index contributed by atoms with van der Waals surface area (Å²) in [6, 6.07) is 0.982. The fourth-order valence-electron chi connectivity index (χ4n) is 2.68. The highest BCUT2D eigenvalue weighted by Crippen LogP contribution is 2.31. The Morgan fingerprint density at radius 1 is 1.29 bits per heavy atom. The molecule has 1 saturated heterocycles. The molecular weight excluding hydrogens is 339 g/mol. The Morgan fingerprint density at radius 3 is 2.62 bits per heavy atom. The molecule has 0 atom stereocenters. The Balaban J connectivity index is 1.90. The number of rotatable bonds is 3. The number of piperidine rings is 1. The number of hydrogen-bond donors (Lipinski definition) is 1. The lowest BCUT2D eigenvalue weighted by atomic mass is 9.97. The van der Waals surface area contributed by atoms with Crippen molar-refractivity contribution in [3.63, 3.8) is 0 Å². The van der Waals surface area contributed by atoms with Crippen molar-refractivity contribution in [2.45, 2.75) is 19.0 Å². The molecular formula is C15H18F3N5S. The molecule has 1 aromatic heterocycles. The molecule has 1 fully saturated rings. The van der Waals surface area contributed by atoms with Gasteiger partial charge >= 0.3 is 6.18 Å². The molecule has 2 N–H and O–H groups in total. The zero-order valence-corrected chi connectivity index (χ0v) is 13.8. The van der Waals surface area contributed by atoms with Gasteiger partial charge in [-0.2, -0.15) is 13.2 Å². The molecule has 0 aliphatic carbocycles. The molecule has 1 aromatic rings. The largest absolute Gasteiger partial charge is 0.433 e. The summed E-state index contributed by atoms with van der Waals surface area (Å²) < 4.78 is 39.5. The molecule has 0 saturated carbocycles. The first-order valence-corrected chi connectivity index (χ1v) is 8.70. The van der Waals surface area contributed by atoms with E-state index in [0.717, 1.165) is 23.8 Å². The first-order valence-electron chi connectivity index (χ1n) is 7.71. The minimum atomic E-state index is -4.50. The first-order chi connectivity index (χ1) is 11.5. The van der Waals surface area contributed by atoms with Crippen LogP contribution in [0.3, 0.4) is 0 Å². The standard InChI is InChI=1S/C15H18F3N5S/c16-15(17,18)13-6-11(5-12-8-20-9-24-12)21-14(22-13)23-3-1-10(7-19)2-4-23/h5-6,8,10H,1-4,7,9,19H2/b12-5-. The maximum atomic E-state index is 13.2. The molecule has 9 heteroatoms. The van der Waals surface area contributed by atoms with Gasteiger partial charge in [0.15, 0.2) is 5.69 Å². The van der Waals surface area contributed by atoms with E-state index in [1.165, 1.54) is 11.8 Å². The molecule has 2 aliphatic heterocycles. The van der Waals surface area contributed by atoms with Crippen LogP contribution < -0.4 is 10.6 Å². The van der Waals surface area contributed by atoms with Gasteiger partial charge in [0.25, 0.3) is 0 Å². The summed E-state index contributed by atoms with van der Waals surface area (Å²) in [5.41, 5.74) is 5.00. The van der Waals surface area contributed by atoms with E-state index in [0.29, 0.717) is 31.4 Å². The third-order valence-electron chi connectivity index (χ3n) is 4.07. The van der Waals surface area contributed by atoms with Crippen LogP contribution >= 0.6 is 11.8 Å². The van der Waals surface area contributed by atoms with E-state index < -0.39 is 11.9 Å². The number of alkyl halides is 3. The monoisotopic (exact) mass is 357 g/mol. The minimum Gasteiger partial charge on any atom is -0.341 e. The molecule has 0 spiro atoms. The van der Waals surface area contributed by atoms with Gasteiger partial charge in [0.05, 0.1) is 11.6 Å². The topological polar surface area (TPSA) is 67.4 Å². The molecule has 0 aromatic carbocycles. The van der Waals surface area contributed by atoms with E-state index in [-0.39, 0.29) is 11.6 Å². The normalized spacial score (nSPS) is 21.0. The van der Waals surface area contributed by atoms with Gasteiger partial charge in [0, 0.05) is 24.2 Å². The summed E-state index contributed by atoms with van der Waals surface area (Å²) in [6.45, 7) is 1.84. The van der Waals surface area contributed by atoms with Gasteiger partial charge < -0.3 is 10.6 Å². The molecule has 0 radical (unpaired) electrons. The fourth-order valence-corrected chi connectivity index (χ4v) is 3.33. The van der Waals surface area contributed by atoms with Gasteiger partial charge in [-0.25, -0.2) is 9.97 Å². The van der Waals surface area contributed by atoms with Crippen molar-refractivity contribution in [2.24, 2.45) is 16.6 Å². The van der Waals surface area contributed by atoms with E-state index >= 15 is 0 Å². The fraction of sp³-hybridized carbons (Fsp3) is 0.533.